The number of nitrogens with zero attached hydrogens (tertiary/aromatic N) is 2. The molecule has 0 bridgehead atoms. The molecule has 19 heavy (non-hydrogen) atoms. The molecule has 0 fully saturated rings. The van der Waals surface area contributed by atoms with Crippen molar-refractivity contribution in [1.29, 1.82) is 0 Å². The predicted molar refractivity (Wildman–Crippen MR) is 66.2 cm³/mol. The topological polar surface area (TPSA) is 43.8 Å². The Bertz CT molecular complexity index is 585. The smallest absolute Gasteiger partial charge is 0.326 e. The summed E-state index contributed by atoms with van der Waals surface area (Å²) in [7, 11) is 0. The van der Waals surface area contributed by atoms with Crippen LogP contribution in [0.2, 0.25) is 5.02 Å². The molecule has 0 radical (unpaired) electrons. The molecule has 1 aromatic heterocycles. The first-order chi connectivity index (χ1) is 8.82. The Morgan fingerprint density at radius 3 is 2.53 bits per heavy atom. The summed E-state index contributed by atoms with van der Waals surface area (Å²) in [6.07, 6.45) is -2.98. The van der Waals surface area contributed by atoms with Gasteiger partial charge >= 0.3 is 6.18 Å². The fourth-order valence-electron chi connectivity index (χ4n) is 1.72. The maximum Gasteiger partial charge on any atom is 0.416 e. The average Bonchev–Trinajstić information content (AvgIpc) is 2.68. The highest BCUT2D eigenvalue weighted by molar-refractivity contribution is 6.31. The zero-order chi connectivity index (χ0) is 14.2. The number of aromatic nitrogens is 2. The molecule has 2 aromatic rings. The number of rotatable bonds is 2. The lowest BCUT2D eigenvalue weighted by Crippen LogP contribution is -2.13. The number of nitrogens with two attached hydrogens (primary N) is 1. The molecule has 0 amide bonds. The lowest BCUT2D eigenvalue weighted by atomic mass is 10.1. The molecule has 1 aromatic carbocycles. The fourth-order valence-corrected chi connectivity index (χ4v) is 1.85. The van der Waals surface area contributed by atoms with Gasteiger partial charge in [0.2, 0.25) is 0 Å². The normalized spacial score (nSPS) is 11.9. The molecule has 0 atom stereocenters. The Morgan fingerprint density at radius 1 is 1.37 bits per heavy atom. The summed E-state index contributed by atoms with van der Waals surface area (Å²) in [5, 5.41) is 4.44. The van der Waals surface area contributed by atoms with Crippen LogP contribution in [0, 0.1) is 6.92 Å². The molecule has 102 valence electrons. The van der Waals surface area contributed by atoms with Crippen LogP contribution in [0.3, 0.4) is 0 Å². The summed E-state index contributed by atoms with van der Waals surface area (Å²) in [6, 6.07) is 3.90. The van der Waals surface area contributed by atoms with E-state index in [2.05, 4.69) is 5.10 Å². The summed E-state index contributed by atoms with van der Waals surface area (Å²) in [5.41, 5.74) is 5.46. The third-order valence-corrected chi connectivity index (χ3v) is 3.09. The maximum absolute atomic E-state index is 12.9. The van der Waals surface area contributed by atoms with Gasteiger partial charge in [0.1, 0.15) is 0 Å². The van der Waals surface area contributed by atoms with Gasteiger partial charge in [-0.3, -0.25) is 0 Å². The van der Waals surface area contributed by atoms with Gasteiger partial charge in [-0.15, -0.1) is 0 Å². The van der Waals surface area contributed by atoms with Crippen molar-refractivity contribution in [1.82, 2.24) is 9.78 Å². The third-order valence-electron chi connectivity index (χ3n) is 2.72. The first-order valence-electron chi connectivity index (χ1n) is 5.45. The van der Waals surface area contributed by atoms with Crippen LogP contribution in [-0.2, 0) is 12.7 Å². The van der Waals surface area contributed by atoms with E-state index in [0.717, 1.165) is 6.07 Å². The second-order valence-corrected chi connectivity index (χ2v) is 4.46. The van der Waals surface area contributed by atoms with Crippen molar-refractivity contribution in [3.8, 4) is 5.69 Å². The quantitative estimate of drug-likeness (QED) is 0.922. The van der Waals surface area contributed by atoms with Crippen molar-refractivity contribution >= 4 is 11.6 Å². The zero-order valence-corrected chi connectivity index (χ0v) is 10.8. The molecule has 0 spiro atoms. The molecule has 0 unspecified atom stereocenters. The molecule has 3 nitrogen and oxygen atoms in total. The maximum atomic E-state index is 12.9. The van der Waals surface area contributed by atoms with E-state index >= 15 is 0 Å². The molecular weight excluding hydrogens is 279 g/mol. The Morgan fingerprint density at radius 2 is 2.05 bits per heavy atom. The van der Waals surface area contributed by atoms with E-state index in [0.29, 0.717) is 16.4 Å². The van der Waals surface area contributed by atoms with Crippen LogP contribution in [0.5, 0.6) is 0 Å². The standard InChI is InChI=1S/C12H11ClF3N3/c1-7-11(13)6-19(18-7)9-3-2-8(5-17)10(4-9)12(14,15)16/h2-4,6H,5,17H2,1H3. The first-order valence-corrected chi connectivity index (χ1v) is 5.83. The minimum absolute atomic E-state index is 0.0474. The van der Waals surface area contributed by atoms with Crippen molar-refractivity contribution in [2.24, 2.45) is 5.73 Å². The number of benzene rings is 1. The summed E-state index contributed by atoms with van der Waals surface area (Å²) in [5.74, 6) is 0. The summed E-state index contributed by atoms with van der Waals surface area (Å²) >= 11 is 5.84. The van der Waals surface area contributed by atoms with Gasteiger partial charge in [0.15, 0.2) is 0 Å². The molecule has 0 aliphatic heterocycles. The van der Waals surface area contributed by atoms with E-state index in [1.165, 1.54) is 23.0 Å². The largest absolute Gasteiger partial charge is 0.416 e. The van der Waals surface area contributed by atoms with Crippen LogP contribution < -0.4 is 5.73 Å². The predicted octanol–water partition coefficient (Wildman–Crippen LogP) is 3.31. The highest BCUT2D eigenvalue weighted by Crippen LogP contribution is 2.33. The van der Waals surface area contributed by atoms with Gasteiger partial charge in [0.05, 0.1) is 22.0 Å². The molecule has 0 saturated carbocycles. The van der Waals surface area contributed by atoms with Crippen molar-refractivity contribution < 1.29 is 13.2 Å². The van der Waals surface area contributed by atoms with Crippen LogP contribution in [0.4, 0.5) is 13.2 Å². The number of hydrogen-bond acceptors (Lipinski definition) is 2. The van der Waals surface area contributed by atoms with E-state index in [9.17, 15) is 13.2 Å². The van der Waals surface area contributed by atoms with E-state index in [4.69, 9.17) is 17.3 Å². The minimum Gasteiger partial charge on any atom is -0.326 e. The van der Waals surface area contributed by atoms with Crippen LogP contribution in [-0.4, -0.2) is 9.78 Å². The Labute approximate surface area is 112 Å². The second-order valence-electron chi connectivity index (χ2n) is 4.05. The molecule has 0 aliphatic rings. The SMILES string of the molecule is Cc1nn(-c2ccc(CN)c(C(F)(F)F)c2)cc1Cl. The van der Waals surface area contributed by atoms with Gasteiger partial charge in [0.25, 0.3) is 0 Å². The molecular formula is C12H11ClF3N3. The monoisotopic (exact) mass is 289 g/mol. The summed E-state index contributed by atoms with van der Waals surface area (Å²) in [6.45, 7) is 1.51. The number of halogens is 4. The second kappa shape index (κ2) is 4.86. The molecule has 7 heteroatoms. The molecule has 2 rings (SSSR count). The van der Waals surface area contributed by atoms with Gasteiger partial charge in [0, 0.05) is 12.7 Å². The van der Waals surface area contributed by atoms with E-state index < -0.39 is 11.7 Å². The molecule has 1 heterocycles. The first kappa shape index (κ1) is 13.9. The van der Waals surface area contributed by atoms with Crippen LogP contribution >= 0.6 is 11.6 Å². The van der Waals surface area contributed by atoms with Gasteiger partial charge in [-0.25, -0.2) is 4.68 Å². The lowest BCUT2D eigenvalue weighted by molar-refractivity contribution is -0.138. The third kappa shape index (κ3) is 2.74. The van der Waals surface area contributed by atoms with Crippen molar-refractivity contribution in [3.63, 3.8) is 0 Å². The van der Waals surface area contributed by atoms with Crippen LogP contribution in [0.1, 0.15) is 16.8 Å². The number of hydrogen-bond donors (Lipinski definition) is 1. The van der Waals surface area contributed by atoms with Crippen molar-refractivity contribution in [2.45, 2.75) is 19.6 Å². The number of alkyl halides is 3. The van der Waals surface area contributed by atoms with Gasteiger partial charge in [-0.2, -0.15) is 18.3 Å². The summed E-state index contributed by atoms with van der Waals surface area (Å²) < 4.78 is 40.0. The van der Waals surface area contributed by atoms with Gasteiger partial charge < -0.3 is 5.73 Å². The summed E-state index contributed by atoms with van der Waals surface area (Å²) in [4.78, 5) is 0. The average molecular weight is 290 g/mol. The molecule has 2 N–H and O–H groups in total. The van der Waals surface area contributed by atoms with Crippen molar-refractivity contribution in [3.05, 3.63) is 46.2 Å². The zero-order valence-electron chi connectivity index (χ0n) is 10.0. The Balaban J connectivity index is 2.55. The van der Waals surface area contributed by atoms with Gasteiger partial charge in [-0.1, -0.05) is 17.7 Å². The Kier molecular flexibility index (Phi) is 3.56. The van der Waals surface area contributed by atoms with E-state index in [-0.39, 0.29) is 12.1 Å². The van der Waals surface area contributed by atoms with Gasteiger partial charge in [-0.05, 0) is 24.6 Å². The van der Waals surface area contributed by atoms with E-state index in [1.807, 2.05) is 0 Å². The molecule has 0 aliphatic carbocycles. The highest BCUT2D eigenvalue weighted by atomic mass is 35.5. The van der Waals surface area contributed by atoms with Crippen molar-refractivity contribution in [2.75, 3.05) is 0 Å². The number of aryl methyl sites for hydroxylation is 1. The van der Waals surface area contributed by atoms with E-state index in [1.54, 1.807) is 6.92 Å². The van der Waals surface area contributed by atoms with Crippen LogP contribution in [0.15, 0.2) is 24.4 Å². The Hall–Kier alpha value is -1.53. The molecule has 0 saturated heterocycles. The lowest BCUT2D eigenvalue weighted by Gasteiger charge is -2.13. The highest BCUT2D eigenvalue weighted by Gasteiger charge is 2.33. The fraction of sp³-hybridized carbons (Fsp3) is 0.250. The van der Waals surface area contributed by atoms with Crippen LogP contribution in [0.25, 0.3) is 5.69 Å². The minimum atomic E-state index is -4.45.